The third-order valence-corrected chi connectivity index (χ3v) is 33.8. The Balaban J connectivity index is 0.745. The van der Waals surface area contributed by atoms with E-state index in [0.717, 1.165) is 11.9 Å². The van der Waals surface area contributed by atoms with Gasteiger partial charge >= 0.3 is 5.97 Å². The van der Waals surface area contributed by atoms with Gasteiger partial charge in [-0.05, 0) is 135 Å². The molecule has 0 radical (unpaired) electrons. The highest BCUT2D eigenvalue weighted by molar-refractivity contribution is 5.80. The van der Waals surface area contributed by atoms with Gasteiger partial charge in [0.05, 0.1) is 107 Å². The molecule has 0 spiro atoms. The summed E-state index contributed by atoms with van der Waals surface area (Å²) in [6, 6.07) is -1.72. The number of fused-ring (bicyclic) bond motifs is 7. The number of ether oxygens (including phenoxy) is 16. The van der Waals surface area contributed by atoms with Crippen molar-refractivity contribution >= 4 is 23.9 Å². The Labute approximate surface area is 790 Å². The smallest absolute Gasteiger partial charge is 0.317 e. The second-order valence-corrected chi connectivity index (χ2v) is 43.0. The second kappa shape index (κ2) is 44.1. The summed E-state index contributed by atoms with van der Waals surface area (Å²) in [7, 11) is 0. The molecule has 8 aliphatic heterocycles. The molecule has 0 aromatic heterocycles. The number of nitrogens with one attached hydrogen (secondary N) is 1. The van der Waals surface area contributed by atoms with Crippen molar-refractivity contribution in [3.8, 4) is 0 Å². The van der Waals surface area contributed by atoms with Gasteiger partial charge in [0.25, 0.3) is 0 Å². The van der Waals surface area contributed by atoms with Crippen molar-refractivity contribution in [2.24, 2.45) is 68.0 Å². The first-order valence-corrected chi connectivity index (χ1v) is 48.7. The maximum Gasteiger partial charge on any atom is 0.317 e. The minimum atomic E-state index is -2.20. The van der Waals surface area contributed by atoms with Crippen molar-refractivity contribution in [3.05, 3.63) is 11.6 Å². The molecule has 13 aliphatic rings. The molecular weight excluding hydrogens is 1800 g/mol. The van der Waals surface area contributed by atoms with Gasteiger partial charge in [0, 0.05) is 19.3 Å². The zero-order valence-corrected chi connectivity index (χ0v) is 79.5. The van der Waals surface area contributed by atoms with E-state index in [1.54, 1.807) is 13.8 Å². The number of hydrogen-bond acceptors (Lipinski definition) is 42. The molecule has 13 rings (SSSR count). The van der Waals surface area contributed by atoms with Crippen LogP contribution in [0, 0.1) is 68.0 Å². The second-order valence-electron chi connectivity index (χ2n) is 43.0. The van der Waals surface area contributed by atoms with Gasteiger partial charge in [0.15, 0.2) is 50.1 Å². The summed E-state index contributed by atoms with van der Waals surface area (Å²) in [5.74, 6) is -4.69. The van der Waals surface area contributed by atoms with Crippen LogP contribution in [0.25, 0.3) is 0 Å². The van der Waals surface area contributed by atoms with Crippen molar-refractivity contribution in [2.75, 3.05) is 46.2 Å². The van der Waals surface area contributed by atoms with Crippen molar-refractivity contribution in [2.45, 2.75) is 431 Å². The number of hydrogen-bond donors (Lipinski definition) is 23. The number of aliphatic hydroxyl groups is 22. The Kier molecular flexibility index (Phi) is 35.6. The Morgan fingerprint density at radius 2 is 1.10 bits per heavy atom. The number of esters is 1. The lowest BCUT2D eigenvalue weighted by molar-refractivity contribution is -0.384. The number of rotatable bonds is 36. The van der Waals surface area contributed by atoms with Crippen LogP contribution in [-0.4, -0.2) is 422 Å². The lowest BCUT2D eigenvalue weighted by Gasteiger charge is -2.71. The molecular formula is C93H153NO42. The Hall–Kier alpha value is -3.46. The lowest BCUT2D eigenvalue weighted by Crippen LogP contribution is -2.70. The SMILES string of the molecule is CC[C@@H](C)[C@@H](CC(=O)C[C@@H](O)C[C@H](O[C@@H]1O[C@@H](CC)[C@@H](O)C1O)[C@H](C)CC)C[C@H](O)CC(=O)N[C@H]1C(CO)O[C@@H](OC(=O)[C@]23CCC(C)(C)CC2C2=CCC4C5(C)CC[C@H](O[C@@H]6OC[C@@H](O)[C@H](O[C@@H]7OC[C@@H](O)[C@H](O)C7O)C6O[C@@H]6OC(CO)[C@H](O)[C@H](O)C6O)[C@](C)(C=O)[C@@H]5CC[C@]4(C)[C@]2(C)CC3O)[C@H](O[C@@H]2OC(C)[C@H](O[C@@H]3OC[C@@H](O)C(O[C@@H]4OC[C@@](O)(CO)C4O)[C@H]3O)C(O)[C@@H]2O)C1O. The van der Waals surface area contributed by atoms with Crippen LogP contribution in [0.4, 0.5) is 0 Å². The maximum absolute atomic E-state index is 16.4. The zero-order valence-electron chi connectivity index (χ0n) is 79.5. The van der Waals surface area contributed by atoms with Crippen LogP contribution in [-0.2, 0) is 95.0 Å². The molecule has 50 atom stereocenters. The summed E-state index contributed by atoms with van der Waals surface area (Å²) in [6.07, 6.45) is -54.7. The standard InChI is InChI=1S/C93H153NO42/c1-13-39(4)42(24-43(99)26-45(101)27-52(40(5)14-2)127-81-68(114)62(108)51(15-3)126-81)25-44(100)28-59(106)94-60-53(31-95)128-84(75(64(60)110)134-80-70(116)66(112)72(41(6)125-80)131-79-71(117)73(49(103)34-122-79)132-85-77(118)92(120,37-98)38-124-85)136-86(119)93-23-22-87(7,8)29-47(93)46-16-17-56-88(9)20-19-58(89(10,36-97)55(88)18-21-90(56,11)91(46,12)30-57(93)105)130-83-76(135-82-69(115)65(111)63(109)54(32-96)129-82)74(50(104)35-123-83)133-78-67(113)61(107)48(102)33-121-78/h16,36,39-42,44-45,47-58,60-85,95-96,98,100-105,107-118,120H,13-15,17-35,37-38H2,1-12H3,(H,94,106)/t39-,40-,41?,42+,44+,45-,47?,48-,49-,50-,51+,52+,53?,54?,55-,56?,57?,58+,60+,61+,62-,63+,64?,65+,66?,67?,68?,69?,70+,71-,72+,73?,74+,75-,76?,77?,78+,79+,80+,81+,82+,83+,84+,85+,88?,89-,90+,91-,92+,93-/m1/s1. The van der Waals surface area contributed by atoms with Crippen LogP contribution in [0.1, 0.15) is 192 Å². The molecule has 0 aromatic carbocycles. The Morgan fingerprint density at radius 3 is 1.74 bits per heavy atom. The fourth-order valence-electron chi connectivity index (χ4n) is 24.7. The first kappa shape index (κ1) is 110. The van der Waals surface area contributed by atoms with E-state index in [0.29, 0.717) is 57.8 Å². The predicted molar refractivity (Wildman–Crippen MR) is 461 cm³/mol. The molecule has 12 fully saturated rings. The van der Waals surface area contributed by atoms with Gasteiger partial charge < -0.3 is 198 Å². The summed E-state index contributed by atoms with van der Waals surface area (Å²) >= 11 is 0. The van der Waals surface area contributed by atoms with E-state index in [2.05, 4.69) is 32.2 Å². The molecule has 15 unspecified atom stereocenters. The van der Waals surface area contributed by atoms with Gasteiger partial charge in [0.2, 0.25) is 12.2 Å². The molecule has 4 saturated carbocycles. The molecule has 782 valence electrons. The quantitative estimate of drug-likeness (QED) is 0.0122. The van der Waals surface area contributed by atoms with Gasteiger partial charge in [-0.25, -0.2) is 0 Å². The average Bonchev–Trinajstić information content (AvgIpc) is 0.780. The third kappa shape index (κ3) is 21.3. The van der Waals surface area contributed by atoms with Crippen molar-refractivity contribution in [3.63, 3.8) is 0 Å². The van der Waals surface area contributed by atoms with Crippen LogP contribution in [0.5, 0.6) is 0 Å². The highest BCUT2D eigenvalue weighted by Gasteiger charge is 2.74. The summed E-state index contributed by atoms with van der Waals surface area (Å²) in [5.41, 5.74) is -7.25. The van der Waals surface area contributed by atoms with Crippen LogP contribution < -0.4 is 5.32 Å². The fourth-order valence-corrected chi connectivity index (χ4v) is 24.7. The largest absolute Gasteiger partial charge is 0.432 e. The van der Waals surface area contributed by atoms with E-state index in [9.17, 15) is 127 Å². The highest BCUT2D eigenvalue weighted by atomic mass is 16.8. The number of Topliss-reactive ketones (excluding diaryl/α,β-unsaturated/α-hetero) is 1. The normalized spacial score (nSPS) is 48.8. The molecule has 43 nitrogen and oxygen atoms in total. The Bertz CT molecular complexity index is 3970. The van der Waals surface area contributed by atoms with E-state index in [-0.39, 0.29) is 68.5 Å². The topological polar surface area (TPSA) is 673 Å². The van der Waals surface area contributed by atoms with Crippen molar-refractivity contribution < 1.29 is 207 Å². The Morgan fingerprint density at radius 1 is 0.529 bits per heavy atom. The number of carbonyl (C=O) groups excluding carboxylic acids is 4. The molecule has 1 amide bonds. The van der Waals surface area contributed by atoms with E-state index in [1.807, 2.05) is 41.5 Å². The van der Waals surface area contributed by atoms with Gasteiger partial charge in [-0.2, -0.15) is 0 Å². The number of aldehydes is 1. The van der Waals surface area contributed by atoms with Gasteiger partial charge in [-0.3, -0.25) is 14.4 Å². The third-order valence-electron chi connectivity index (χ3n) is 33.8. The van der Waals surface area contributed by atoms with Crippen LogP contribution >= 0.6 is 0 Å². The van der Waals surface area contributed by atoms with Crippen LogP contribution in [0.3, 0.4) is 0 Å². The predicted octanol–water partition coefficient (Wildman–Crippen LogP) is -4.51. The monoisotopic (exact) mass is 1960 g/mol. The maximum atomic E-state index is 16.4. The van der Waals surface area contributed by atoms with E-state index in [1.165, 1.54) is 6.92 Å². The molecule has 5 aliphatic carbocycles. The molecule has 0 bridgehead atoms. The summed E-state index contributed by atoms with van der Waals surface area (Å²) < 4.78 is 97.5. The van der Waals surface area contributed by atoms with Crippen molar-refractivity contribution in [1.29, 1.82) is 0 Å². The number of carbonyl (C=O) groups is 4. The molecule has 8 heterocycles. The summed E-state index contributed by atoms with van der Waals surface area (Å²) in [4.78, 5) is 59.3. The molecule has 23 N–H and O–H groups in total. The number of ketones is 1. The zero-order chi connectivity index (χ0) is 99.6. The minimum absolute atomic E-state index is 0.0161. The van der Waals surface area contributed by atoms with Crippen LogP contribution in [0.15, 0.2) is 11.6 Å². The lowest BCUT2D eigenvalue weighted by atomic mass is 9.33. The fraction of sp³-hybridized carbons (Fsp3) is 0.935. The van der Waals surface area contributed by atoms with Crippen molar-refractivity contribution in [1.82, 2.24) is 5.32 Å². The van der Waals surface area contributed by atoms with Gasteiger partial charge in [-0.15, -0.1) is 0 Å². The molecule has 43 heteroatoms. The number of allylic oxidation sites excluding steroid dienone is 2. The average molecular weight is 1960 g/mol. The van der Waals surface area contributed by atoms with Gasteiger partial charge in [-0.1, -0.05) is 101 Å². The first-order valence-electron chi connectivity index (χ1n) is 48.7. The van der Waals surface area contributed by atoms with E-state index in [4.69, 9.17) is 75.8 Å². The number of aliphatic hydroxyl groups excluding tert-OH is 21. The summed E-state index contributed by atoms with van der Waals surface area (Å²) in [6.45, 7) is 18.0. The molecule has 8 saturated heterocycles. The van der Waals surface area contributed by atoms with Gasteiger partial charge in [0.1, 0.15) is 151 Å². The number of amides is 1. The van der Waals surface area contributed by atoms with E-state index < -0.39 is 354 Å². The molecule has 136 heavy (non-hydrogen) atoms. The minimum Gasteiger partial charge on any atom is -0.432 e. The molecule has 0 aromatic rings. The highest BCUT2D eigenvalue weighted by Crippen LogP contribution is 2.76. The first-order chi connectivity index (χ1) is 64.0. The summed E-state index contributed by atoms with van der Waals surface area (Å²) in [5, 5.41) is 250. The van der Waals surface area contributed by atoms with E-state index >= 15 is 4.79 Å². The van der Waals surface area contributed by atoms with Crippen LogP contribution in [0.2, 0.25) is 0 Å².